The number of aromatic nitrogens is 2. The van der Waals surface area contributed by atoms with Crippen molar-refractivity contribution in [2.45, 2.75) is 6.92 Å². The lowest BCUT2D eigenvalue weighted by molar-refractivity contribution is 0.0924. The molecule has 7 nitrogen and oxygen atoms in total. The van der Waals surface area contributed by atoms with Crippen molar-refractivity contribution in [2.75, 3.05) is 20.2 Å². The number of nitrogens with zero attached hydrogens (tertiary/aromatic N) is 2. The third-order valence-corrected chi connectivity index (χ3v) is 3.39. The van der Waals surface area contributed by atoms with E-state index in [9.17, 15) is 9.59 Å². The average molecular weight is 316 g/mol. The smallest absolute Gasteiger partial charge is 0.271 e. The summed E-state index contributed by atoms with van der Waals surface area (Å²) >= 11 is 0. The lowest BCUT2D eigenvalue weighted by Crippen LogP contribution is -2.34. The van der Waals surface area contributed by atoms with Gasteiger partial charge in [-0.1, -0.05) is 0 Å². The van der Waals surface area contributed by atoms with E-state index in [2.05, 4.69) is 15.7 Å². The highest BCUT2D eigenvalue weighted by Gasteiger charge is 2.10. The molecule has 0 aliphatic rings. The van der Waals surface area contributed by atoms with Gasteiger partial charge in [0, 0.05) is 31.4 Å². The summed E-state index contributed by atoms with van der Waals surface area (Å²) < 4.78 is 6.68. The van der Waals surface area contributed by atoms with Crippen molar-refractivity contribution in [1.29, 1.82) is 0 Å². The maximum Gasteiger partial charge on any atom is 0.271 e. The molecule has 1 aromatic heterocycles. The minimum atomic E-state index is -0.257. The Labute approximate surface area is 134 Å². The molecule has 0 fully saturated rings. The molecule has 0 unspecified atom stereocenters. The molecular formula is C16H20N4O3. The number of carbonyl (C=O) groups is 2. The summed E-state index contributed by atoms with van der Waals surface area (Å²) in [6, 6.07) is 8.53. The van der Waals surface area contributed by atoms with Gasteiger partial charge in [0.25, 0.3) is 11.8 Å². The lowest BCUT2D eigenvalue weighted by Gasteiger charge is -2.07. The molecule has 0 saturated heterocycles. The van der Waals surface area contributed by atoms with Crippen molar-refractivity contribution >= 4 is 11.8 Å². The van der Waals surface area contributed by atoms with Crippen LogP contribution in [0.25, 0.3) is 0 Å². The molecule has 0 aliphatic heterocycles. The average Bonchev–Trinajstić information content (AvgIpc) is 2.90. The number of methoxy groups -OCH3 is 1. The zero-order valence-electron chi connectivity index (χ0n) is 13.4. The number of aryl methyl sites for hydroxylation is 2. The fraction of sp³-hybridized carbons (Fsp3) is 0.312. The molecule has 0 bridgehead atoms. The molecule has 0 saturated carbocycles. The van der Waals surface area contributed by atoms with Crippen LogP contribution in [0.4, 0.5) is 0 Å². The van der Waals surface area contributed by atoms with E-state index < -0.39 is 0 Å². The summed E-state index contributed by atoms with van der Waals surface area (Å²) in [5, 5.41) is 9.55. The van der Waals surface area contributed by atoms with Crippen LogP contribution >= 0.6 is 0 Å². The van der Waals surface area contributed by atoms with Crippen molar-refractivity contribution < 1.29 is 14.3 Å². The molecule has 2 amide bonds. The Morgan fingerprint density at radius 3 is 2.26 bits per heavy atom. The molecule has 2 aromatic rings. The molecule has 0 aliphatic carbocycles. The van der Waals surface area contributed by atoms with Crippen molar-refractivity contribution in [3.63, 3.8) is 0 Å². The molecule has 0 radical (unpaired) electrons. The van der Waals surface area contributed by atoms with Gasteiger partial charge in [0.1, 0.15) is 11.4 Å². The quantitative estimate of drug-likeness (QED) is 0.775. The molecular weight excluding hydrogens is 296 g/mol. The van der Waals surface area contributed by atoms with Crippen LogP contribution in [0.5, 0.6) is 5.75 Å². The van der Waals surface area contributed by atoms with Gasteiger partial charge in [-0.3, -0.25) is 14.3 Å². The van der Waals surface area contributed by atoms with E-state index >= 15 is 0 Å². The van der Waals surface area contributed by atoms with Crippen LogP contribution in [0.15, 0.2) is 30.3 Å². The highest BCUT2D eigenvalue weighted by atomic mass is 16.5. The van der Waals surface area contributed by atoms with Gasteiger partial charge in [-0.2, -0.15) is 5.10 Å². The van der Waals surface area contributed by atoms with Crippen LogP contribution in [0.3, 0.4) is 0 Å². The Bertz CT molecular complexity index is 672. The van der Waals surface area contributed by atoms with Crippen molar-refractivity contribution in [3.05, 3.63) is 47.3 Å². The topological polar surface area (TPSA) is 85.3 Å². The Balaban J connectivity index is 1.76. The first-order valence-electron chi connectivity index (χ1n) is 7.22. The second-order valence-electron chi connectivity index (χ2n) is 5.03. The number of hydrogen-bond donors (Lipinski definition) is 2. The first kappa shape index (κ1) is 16.5. The standard InChI is InChI=1S/C16H20N4O3/c1-11-10-14(19-20(11)2)16(22)18-9-8-17-15(21)12-4-6-13(23-3)7-5-12/h4-7,10H,8-9H2,1-3H3,(H,17,21)(H,18,22). The third kappa shape index (κ3) is 4.32. The number of nitrogens with one attached hydrogen (secondary N) is 2. The highest BCUT2D eigenvalue weighted by Crippen LogP contribution is 2.10. The van der Waals surface area contributed by atoms with E-state index in [0.717, 1.165) is 5.69 Å². The van der Waals surface area contributed by atoms with Gasteiger partial charge in [0.05, 0.1) is 7.11 Å². The first-order valence-corrected chi connectivity index (χ1v) is 7.22. The first-order chi connectivity index (χ1) is 11.0. The molecule has 1 heterocycles. The van der Waals surface area contributed by atoms with Crippen LogP contribution in [-0.2, 0) is 7.05 Å². The molecule has 7 heteroatoms. The normalized spacial score (nSPS) is 10.2. The van der Waals surface area contributed by atoms with Gasteiger partial charge in [0.2, 0.25) is 0 Å². The number of hydrogen-bond acceptors (Lipinski definition) is 4. The van der Waals surface area contributed by atoms with Gasteiger partial charge in [-0.05, 0) is 37.3 Å². The van der Waals surface area contributed by atoms with Crippen molar-refractivity contribution in [2.24, 2.45) is 7.05 Å². The fourth-order valence-corrected chi connectivity index (χ4v) is 1.96. The van der Waals surface area contributed by atoms with Crippen LogP contribution in [0.1, 0.15) is 26.5 Å². The maximum atomic E-state index is 11.9. The maximum absolute atomic E-state index is 11.9. The van der Waals surface area contributed by atoms with E-state index in [4.69, 9.17) is 4.74 Å². The molecule has 2 N–H and O–H groups in total. The number of ether oxygens (including phenoxy) is 1. The van der Waals surface area contributed by atoms with Crippen LogP contribution in [0, 0.1) is 6.92 Å². The predicted octanol–water partition coefficient (Wildman–Crippen LogP) is 0.897. The van der Waals surface area contributed by atoms with Gasteiger partial charge in [-0.15, -0.1) is 0 Å². The molecule has 2 rings (SSSR count). The van der Waals surface area contributed by atoms with Gasteiger partial charge in [0.15, 0.2) is 0 Å². The van der Waals surface area contributed by atoms with Gasteiger partial charge >= 0.3 is 0 Å². The van der Waals surface area contributed by atoms with E-state index in [1.807, 2.05) is 6.92 Å². The third-order valence-electron chi connectivity index (χ3n) is 3.39. The van der Waals surface area contributed by atoms with Crippen molar-refractivity contribution in [1.82, 2.24) is 20.4 Å². The Morgan fingerprint density at radius 1 is 1.13 bits per heavy atom. The summed E-state index contributed by atoms with van der Waals surface area (Å²) in [6.45, 7) is 2.54. The van der Waals surface area contributed by atoms with Crippen LogP contribution in [-0.4, -0.2) is 41.8 Å². The number of amides is 2. The summed E-state index contributed by atoms with van der Waals surface area (Å²) in [4.78, 5) is 23.8. The van der Waals surface area contributed by atoms with Crippen LogP contribution < -0.4 is 15.4 Å². The Hall–Kier alpha value is -2.83. The van der Waals surface area contributed by atoms with Crippen LogP contribution in [0.2, 0.25) is 0 Å². The van der Waals surface area contributed by atoms with Gasteiger partial charge in [-0.25, -0.2) is 0 Å². The van der Waals surface area contributed by atoms with E-state index in [1.165, 1.54) is 0 Å². The summed E-state index contributed by atoms with van der Waals surface area (Å²) in [7, 11) is 3.35. The zero-order chi connectivity index (χ0) is 16.8. The number of benzene rings is 1. The Kier molecular flexibility index (Phi) is 5.35. The molecule has 0 atom stereocenters. The zero-order valence-corrected chi connectivity index (χ0v) is 13.4. The number of rotatable bonds is 6. The minimum absolute atomic E-state index is 0.199. The Morgan fingerprint density at radius 2 is 1.74 bits per heavy atom. The predicted molar refractivity (Wildman–Crippen MR) is 85.6 cm³/mol. The molecule has 0 spiro atoms. The largest absolute Gasteiger partial charge is 0.497 e. The molecule has 122 valence electrons. The SMILES string of the molecule is COc1ccc(C(=O)NCCNC(=O)c2cc(C)n(C)n2)cc1. The van der Waals surface area contributed by atoms with Gasteiger partial charge < -0.3 is 15.4 Å². The summed E-state index contributed by atoms with van der Waals surface area (Å²) in [5.74, 6) is 0.238. The number of carbonyl (C=O) groups excluding carboxylic acids is 2. The lowest BCUT2D eigenvalue weighted by atomic mass is 10.2. The van der Waals surface area contributed by atoms with E-state index in [-0.39, 0.29) is 11.8 Å². The van der Waals surface area contributed by atoms with Crippen molar-refractivity contribution in [3.8, 4) is 5.75 Å². The molecule has 1 aromatic carbocycles. The fourth-order valence-electron chi connectivity index (χ4n) is 1.96. The van der Waals surface area contributed by atoms with E-state index in [0.29, 0.717) is 30.1 Å². The second-order valence-corrected chi connectivity index (χ2v) is 5.03. The summed E-state index contributed by atoms with van der Waals surface area (Å²) in [6.07, 6.45) is 0. The molecule has 23 heavy (non-hydrogen) atoms. The second kappa shape index (κ2) is 7.44. The highest BCUT2D eigenvalue weighted by molar-refractivity contribution is 5.94. The van der Waals surface area contributed by atoms with E-state index in [1.54, 1.807) is 49.2 Å². The summed E-state index contributed by atoms with van der Waals surface area (Å²) in [5.41, 5.74) is 1.81. The minimum Gasteiger partial charge on any atom is -0.497 e. The monoisotopic (exact) mass is 316 g/mol.